The molecule has 3 heteroatoms. The first kappa shape index (κ1) is 13.7. The minimum atomic E-state index is -2.21. The predicted octanol–water partition coefficient (Wildman–Crippen LogP) is 5.76. The van der Waals surface area contributed by atoms with Gasteiger partial charge in [0.05, 0.1) is 11.1 Å². The summed E-state index contributed by atoms with van der Waals surface area (Å²) in [6.45, 7) is -0.166. The topological polar surface area (TPSA) is 29.9 Å². The van der Waals surface area contributed by atoms with Gasteiger partial charge in [-0.15, -0.1) is 0 Å². The second-order valence-corrected chi connectivity index (χ2v) is 7.04. The third kappa shape index (κ3) is 2.43. The Morgan fingerprint density at radius 2 is 1.79 bits per heavy atom. The molecule has 3 nitrogen and oxygen atoms in total. The number of fused-ring (bicyclic) bond motifs is 3. The van der Waals surface area contributed by atoms with Crippen LogP contribution in [0, 0.1) is 13.8 Å². The molecule has 0 fully saturated rings. The van der Waals surface area contributed by atoms with E-state index in [4.69, 9.17) is 8.53 Å². The lowest BCUT2D eigenvalue weighted by Crippen LogP contribution is -2.31. The van der Waals surface area contributed by atoms with Crippen LogP contribution in [0.2, 0.25) is 0 Å². The van der Waals surface area contributed by atoms with Crippen molar-refractivity contribution >= 4 is 21.9 Å². The Labute approximate surface area is 168 Å². The number of hydrogen-bond acceptors (Lipinski definition) is 2. The van der Waals surface area contributed by atoms with Gasteiger partial charge in [-0.05, 0) is 42.6 Å². The van der Waals surface area contributed by atoms with Gasteiger partial charge in [0.25, 0.3) is 0 Å². The Morgan fingerprint density at radius 3 is 2.68 bits per heavy atom. The van der Waals surface area contributed by atoms with Crippen molar-refractivity contribution in [2.24, 2.45) is 7.05 Å². The molecule has 0 saturated carbocycles. The molecule has 3 aromatic heterocycles. The molecule has 0 bridgehead atoms. The van der Waals surface area contributed by atoms with Crippen molar-refractivity contribution in [3.05, 3.63) is 84.3 Å². The van der Waals surface area contributed by atoms with Crippen molar-refractivity contribution in [1.29, 1.82) is 0 Å². The number of hydrogen-bond donors (Lipinski definition) is 0. The summed E-state index contributed by atoms with van der Waals surface area (Å²) in [6.07, 6.45) is 5.51. The van der Waals surface area contributed by atoms with Crippen LogP contribution in [0.4, 0.5) is 0 Å². The standard InChI is InChI=1S/C25H21N2O/c1-16-7-4-5-8-18(16)19-9-6-14-27(3)24(19)23-17(2)10-11-20-21-15-26-13-12-22(21)28-25(20)23/h4-15H,1-3H3/q+1/i1D3. The fourth-order valence-electron chi connectivity index (χ4n) is 3.93. The third-order valence-electron chi connectivity index (χ3n) is 5.28. The van der Waals surface area contributed by atoms with E-state index in [-0.39, 0.29) is 0 Å². The van der Waals surface area contributed by atoms with Crippen LogP contribution < -0.4 is 4.57 Å². The molecule has 5 rings (SSSR count). The highest BCUT2D eigenvalue weighted by Crippen LogP contribution is 2.40. The van der Waals surface area contributed by atoms with E-state index in [2.05, 4.69) is 17.1 Å². The van der Waals surface area contributed by atoms with Crippen molar-refractivity contribution < 1.29 is 13.1 Å². The van der Waals surface area contributed by atoms with Crippen LogP contribution in [0.3, 0.4) is 0 Å². The normalized spacial score (nSPS) is 13.4. The molecule has 3 heterocycles. The van der Waals surface area contributed by atoms with Crippen LogP contribution in [-0.2, 0) is 7.05 Å². The number of aryl methyl sites for hydroxylation is 3. The number of nitrogens with zero attached hydrogens (tertiary/aromatic N) is 2. The first-order valence-corrected chi connectivity index (χ1v) is 9.21. The number of furan rings is 1. The van der Waals surface area contributed by atoms with Crippen molar-refractivity contribution in [3.8, 4) is 22.4 Å². The van der Waals surface area contributed by atoms with Crippen LogP contribution in [0.5, 0.6) is 0 Å². The van der Waals surface area contributed by atoms with Gasteiger partial charge in [0.15, 0.2) is 6.20 Å². The van der Waals surface area contributed by atoms with E-state index >= 15 is 0 Å². The molecule has 28 heavy (non-hydrogen) atoms. The molecule has 2 aromatic carbocycles. The highest BCUT2D eigenvalue weighted by molar-refractivity contribution is 6.10. The second-order valence-electron chi connectivity index (χ2n) is 7.04. The average molecular weight is 368 g/mol. The zero-order valence-electron chi connectivity index (χ0n) is 18.7. The molecule has 0 aliphatic carbocycles. The van der Waals surface area contributed by atoms with Gasteiger partial charge in [0.2, 0.25) is 5.69 Å². The maximum absolute atomic E-state index is 8.04. The Kier molecular flexibility index (Phi) is 3.08. The summed E-state index contributed by atoms with van der Waals surface area (Å²) in [7, 11) is 1.97. The molecular weight excluding hydrogens is 344 g/mol. The lowest BCUT2D eigenvalue weighted by Gasteiger charge is -2.12. The van der Waals surface area contributed by atoms with Crippen LogP contribution >= 0.6 is 0 Å². The largest absolute Gasteiger partial charge is 0.455 e. The maximum atomic E-state index is 8.04. The molecule has 0 aliphatic rings. The van der Waals surface area contributed by atoms with Gasteiger partial charge < -0.3 is 4.42 Å². The molecule has 0 amide bonds. The smallest absolute Gasteiger partial charge is 0.224 e. The van der Waals surface area contributed by atoms with Gasteiger partial charge in [0.1, 0.15) is 18.2 Å². The van der Waals surface area contributed by atoms with E-state index in [1.807, 2.05) is 61.3 Å². The summed E-state index contributed by atoms with van der Waals surface area (Å²) >= 11 is 0. The molecule has 0 saturated heterocycles. The van der Waals surface area contributed by atoms with Crippen LogP contribution in [-0.4, -0.2) is 4.98 Å². The molecule has 0 unspecified atom stereocenters. The lowest BCUT2D eigenvalue weighted by molar-refractivity contribution is -0.659. The van der Waals surface area contributed by atoms with E-state index < -0.39 is 6.85 Å². The fraction of sp³-hybridized carbons (Fsp3) is 0.120. The van der Waals surface area contributed by atoms with E-state index in [1.54, 1.807) is 18.3 Å². The first-order chi connectivity index (χ1) is 14.9. The molecule has 5 aromatic rings. The van der Waals surface area contributed by atoms with Gasteiger partial charge in [-0.25, -0.2) is 4.57 Å². The highest BCUT2D eigenvalue weighted by atomic mass is 16.3. The minimum absolute atomic E-state index is 0.334. The first-order valence-electron chi connectivity index (χ1n) is 10.7. The predicted molar refractivity (Wildman–Crippen MR) is 113 cm³/mol. The summed E-state index contributed by atoms with van der Waals surface area (Å²) in [4.78, 5) is 4.25. The van der Waals surface area contributed by atoms with E-state index in [0.717, 1.165) is 44.3 Å². The summed E-state index contributed by atoms with van der Waals surface area (Å²) in [6, 6.07) is 17.1. The SMILES string of the molecule is [2H]C([2H])([2H])c1ccccc1-c1ccc[n+](C)c1-c1c(C)ccc2c1oc1ccncc12. The Hall–Kier alpha value is -3.46. The molecule has 0 spiro atoms. The second kappa shape index (κ2) is 6.31. The zero-order chi connectivity index (χ0) is 21.8. The van der Waals surface area contributed by atoms with E-state index in [1.165, 1.54) is 0 Å². The van der Waals surface area contributed by atoms with Crippen molar-refractivity contribution in [1.82, 2.24) is 4.98 Å². The number of aromatic nitrogens is 2. The summed E-state index contributed by atoms with van der Waals surface area (Å²) in [5.41, 5.74) is 6.35. The summed E-state index contributed by atoms with van der Waals surface area (Å²) in [5.74, 6) is 0. The van der Waals surface area contributed by atoms with Crippen molar-refractivity contribution in [2.45, 2.75) is 13.8 Å². The molecular formula is C25H21N2O+. The number of benzene rings is 2. The summed E-state index contributed by atoms with van der Waals surface area (Å²) < 4.78 is 32.4. The zero-order valence-corrected chi connectivity index (χ0v) is 15.7. The Morgan fingerprint density at radius 1 is 0.929 bits per heavy atom. The van der Waals surface area contributed by atoms with Crippen molar-refractivity contribution in [3.63, 3.8) is 0 Å². The fourth-order valence-corrected chi connectivity index (χ4v) is 3.93. The monoisotopic (exact) mass is 368 g/mol. The molecule has 136 valence electrons. The van der Waals surface area contributed by atoms with Gasteiger partial charge in [0, 0.05) is 33.3 Å². The Balaban J connectivity index is 1.90. The highest BCUT2D eigenvalue weighted by Gasteiger charge is 2.25. The lowest BCUT2D eigenvalue weighted by atomic mass is 9.92. The van der Waals surface area contributed by atoms with E-state index in [0.29, 0.717) is 11.1 Å². The van der Waals surface area contributed by atoms with Crippen LogP contribution in [0.1, 0.15) is 15.2 Å². The third-order valence-corrected chi connectivity index (χ3v) is 5.28. The molecule has 0 radical (unpaired) electrons. The molecule has 0 atom stereocenters. The summed E-state index contributed by atoms with van der Waals surface area (Å²) in [5, 5.41) is 1.95. The minimum Gasteiger partial charge on any atom is -0.455 e. The van der Waals surface area contributed by atoms with E-state index in [9.17, 15) is 0 Å². The quantitative estimate of drug-likeness (QED) is 0.371. The molecule has 0 N–H and O–H groups in total. The van der Waals surface area contributed by atoms with Gasteiger partial charge in [-0.2, -0.15) is 0 Å². The Bertz CT molecular complexity index is 1450. The number of pyridine rings is 2. The number of rotatable bonds is 2. The maximum Gasteiger partial charge on any atom is 0.224 e. The van der Waals surface area contributed by atoms with Gasteiger partial charge in [-0.1, -0.05) is 36.4 Å². The van der Waals surface area contributed by atoms with Crippen LogP contribution in [0.15, 0.2) is 77.6 Å². The van der Waals surface area contributed by atoms with Crippen LogP contribution in [0.25, 0.3) is 44.3 Å². The average Bonchev–Trinajstić information content (AvgIpc) is 3.12. The van der Waals surface area contributed by atoms with Gasteiger partial charge >= 0.3 is 0 Å². The van der Waals surface area contributed by atoms with Gasteiger partial charge in [-0.3, -0.25) is 4.98 Å². The van der Waals surface area contributed by atoms with Crippen molar-refractivity contribution in [2.75, 3.05) is 0 Å². The molecule has 0 aliphatic heterocycles.